The van der Waals surface area contributed by atoms with Crippen LogP contribution in [0, 0.1) is 6.92 Å². The molecule has 0 aliphatic rings. The second-order valence-electron chi connectivity index (χ2n) is 6.11. The molecule has 0 amide bonds. The lowest BCUT2D eigenvalue weighted by Crippen LogP contribution is -2.19. The highest BCUT2D eigenvalue weighted by Gasteiger charge is 2.16. The van der Waals surface area contributed by atoms with Gasteiger partial charge in [0.2, 0.25) is 0 Å². The largest absolute Gasteiger partial charge is 0.496 e. The molecule has 0 N–H and O–H groups in total. The summed E-state index contributed by atoms with van der Waals surface area (Å²) in [5, 5.41) is 0. The maximum Gasteiger partial charge on any atom is 0.297 e. The van der Waals surface area contributed by atoms with E-state index in [1.807, 2.05) is 44.3 Å². The first-order chi connectivity index (χ1) is 13.5. The number of rotatable bonds is 6. The van der Waals surface area contributed by atoms with Crippen LogP contribution in [0.25, 0.3) is 5.69 Å². The van der Waals surface area contributed by atoms with Crippen molar-refractivity contribution in [3.8, 4) is 22.9 Å². The first-order valence-electron chi connectivity index (χ1n) is 8.70. The Balaban J connectivity index is 2.11. The minimum Gasteiger partial charge on any atom is -0.496 e. The molecule has 1 aromatic heterocycles. The SMILES string of the molecule is COc1cc(OC)c(C=Nc2c(C)n(C)n(-c3ccccc3)c2=O)c(OC)c1. The normalized spacial score (nSPS) is 11.0. The molecule has 0 radical (unpaired) electrons. The molecule has 0 fully saturated rings. The standard InChI is InChI=1S/C21H23N3O4/c1-14-20(21(25)24(23(14)2)15-9-7-6-8-10-15)22-13-17-18(27-4)11-16(26-3)12-19(17)28-5/h6-13H,1-5H3. The van der Waals surface area contributed by atoms with E-state index in [9.17, 15) is 4.79 Å². The van der Waals surface area contributed by atoms with Gasteiger partial charge in [-0.25, -0.2) is 9.67 Å². The topological polar surface area (TPSA) is 67.0 Å². The van der Waals surface area contributed by atoms with Crippen molar-refractivity contribution in [2.24, 2.45) is 12.0 Å². The third kappa shape index (κ3) is 3.38. The summed E-state index contributed by atoms with van der Waals surface area (Å²) in [5.74, 6) is 1.68. The van der Waals surface area contributed by atoms with Gasteiger partial charge in [-0.15, -0.1) is 0 Å². The maximum atomic E-state index is 13.0. The fraction of sp³-hybridized carbons (Fsp3) is 0.238. The molecule has 0 bridgehead atoms. The zero-order chi connectivity index (χ0) is 20.3. The van der Waals surface area contributed by atoms with Crippen LogP contribution in [-0.2, 0) is 7.05 Å². The van der Waals surface area contributed by atoms with E-state index in [0.29, 0.717) is 28.5 Å². The third-order valence-electron chi connectivity index (χ3n) is 4.60. The van der Waals surface area contributed by atoms with Crippen LogP contribution >= 0.6 is 0 Å². The molecule has 0 atom stereocenters. The lowest BCUT2D eigenvalue weighted by atomic mass is 10.1. The summed E-state index contributed by atoms with van der Waals surface area (Å²) in [7, 11) is 6.52. The molecule has 1 heterocycles. The van der Waals surface area contributed by atoms with E-state index in [1.165, 1.54) is 0 Å². The Labute approximate surface area is 163 Å². The predicted molar refractivity (Wildman–Crippen MR) is 109 cm³/mol. The van der Waals surface area contributed by atoms with Gasteiger partial charge in [0, 0.05) is 25.4 Å². The minimum absolute atomic E-state index is 0.200. The molecule has 3 aromatic rings. The number of hydrogen-bond donors (Lipinski definition) is 0. The van der Waals surface area contributed by atoms with Gasteiger partial charge in [-0.05, 0) is 19.1 Å². The van der Waals surface area contributed by atoms with Gasteiger partial charge in [0.1, 0.15) is 17.2 Å². The van der Waals surface area contributed by atoms with E-state index in [-0.39, 0.29) is 5.56 Å². The first kappa shape index (κ1) is 19.3. The molecular weight excluding hydrogens is 358 g/mol. The molecule has 0 unspecified atom stereocenters. The van der Waals surface area contributed by atoms with E-state index < -0.39 is 0 Å². The quantitative estimate of drug-likeness (QED) is 0.615. The van der Waals surface area contributed by atoms with Crippen molar-refractivity contribution in [3.63, 3.8) is 0 Å². The highest BCUT2D eigenvalue weighted by Crippen LogP contribution is 2.33. The average Bonchev–Trinajstić information content (AvgIpc) is 2.94. The molecule has 0 aliphatic carbocycles. The summed E-state index contributed by atoms with van der Waals surface area (Å²) >= 11 is 0. The molecule has 0 aliphatic heterocycles. The van der Waals surface area contributed by atoms with Gasteiger partial charge in [-0.2, -0.15) is 0 Å². The van der Waals surface area contributed by atoms with Gasteiger partial charge in [0.15, 0.2) is 5.69 Å². The summed E-state index contributed by atoms with van der Waals surface area (Å²) in [5.41, 5.74) is 2.30. The van der Waals surface area contributed by atoms with Crippen molar-refractivity contribution in [1.29, 1.82) is 0 Å². The number of nitrogens with zero attached hydrogens (tertiary/aromatic N) is 3. The van der Waals surface area contributed by atoms with E-state index in [4.69, 9.17) is 14.2 Å². The summed E-state index contributed by atoms with van der Waals surface area (Å²) in [4.78, 5) is 17.5. The second-order valence-corrected chi connectivity index (χ2v) is 6.11. The fourth-order valence-electron chi connectivity index (χ4n) is 2.99. The first-order valence-corrected chi connectivity index (χ1v) is 8.70. The van der Waals surface area contributed by atoms with Crippen molar-refractivity contribution in [2.75, 3.05) is 21.3 Å². The average molecular weight is 381 g/mol. The fourth-order valence-corrected chi connectivity index (χ4v) is 2.99. The summed E-state index contributed by atoms with van der Waals surface area (Å²) in [6, 6.07) is 12.9. The van der Waals surface area contributed by atoms with Crippen LogP contribution in [-0.4, -0.2) is 36.9 Å². The Morgan fingerprint density at radius 1 is 0.964 bits per heavy atom. The smallest absolute Gasteiger partial charge is 0.297 e. The van der Waals surface area contributed by atoms with Crippen molar-refractivity contribution in [3.05, 3.63) is 64.1 Å². The summed E-state index contributed by atoms with van der Waals surface area (Å²) < 4.78 is 19.5. The van der Waals surface area contributed by atoms with E-state index >= 15 is 0 Å². The van der Waals surface area contributed by atoms with Crippen LogP contribution < -0.4 is 19.8 Å². The van der Waals surface area contributed by atoms with Crippen molar-refractivity contribution in [1.82, 2.24) is 9.36 Å². The van der Waals surface area contributed by atoms with Gasteiger partial charge < -0.3 is 14.2 Å². The molecule has 0 saturated heterocycles. The van der Waals surface area contributed by atoms with Crippen LogP contribution in [0.5, 0.6) is 17.2 Å². The Morgan fingerprint density at radius 2 is 1.57 bits per heavy atom. The molecule has 0 saturated carbocycles. The van der Waals surface area contributed by atoms with Gasteiger partial charge in [0.25, 0.3) is 5.56 Å². The number of aliphatic imine (C=N–C) groups is 1. The number of para-hydroxylation sites is 1. The highest BCUT2D eigenvalue weighted by molar-refractivity contribution is 5.89. The Morgan fingerprint density at radius 3 is 2.11 bits per heavy atom. The summed E-state index contributed by atoms with van der Waals surface area (Å²) in [6.45, 7) is 1.86. The summed E-state index contributed by atoms with van der Waals surface area (Å²) in [6.07, 6.45) is 1.58. The molecule has 7 heteroatoms. The van der Waals surface area contributed by atoms with Crippen molar-refractivity contribution < 1.29 is 14.2 Å². The van der Waals surface area contributed by atoms with Crippen LogP contribution in [0.1, 0.15) is 11.3 Å². The maximum absolute atomic E-state index is 13.0. The lowest BCUT2D eigenvalue weighted by Gasteiger charge is -2.12. The van der Waals surface area contributed by atoms with Gasteiger partial charge >= 0.3 is 0 Å². The third-order valence-corrected chi connectivity index (χ3v) is 4.60. The molecule has 7 nitrogen and oxygen atoms in total. The predicted octanol–water partition coefficient (Wildman–Crippen LogP) is 3.26. The Kier molecular flexibility index (Phi) is 5.54. The monoisotopic (exact) mass is 381 g/mol. The lowest BCUT2D eigenvalue weighted by molar-refractivity contribution is 0.374. The van der Waals surface area contributed by atoms with Crippen LogP contribution in [0.4, 0.5) is 5.69 Å². The number of benzene rings is 2. The van der Waals surface area contributed by atoms with E-state index in [2.05, 4.69) is 4.99 Å². The van der Waals surface area contributed by atoms with Gasteiger partial charge in [-0.3, -0.25) is 9.48 Å². The minimum atomic E-state index is -0.200. The Bertz CT molecular complexity index is 1040. The van der Waals surface area contributed by atoms with Crippen LogP contribution in [0.2, 0.25) is 0 Å². The van der Waals surface area contributed by atoms with Crippen LogP contribution in [0.3, 0.4) is 0 Å². The number of hydrogen-bond acceptors (Lipinski definition) is 5. The molecule has 3 rings (SSSR count). The van der Waals surface area contributed by atoms with Crippen LogP contribution in [0.15, 0.2) is 52.3 Å². The molecule has 146 valence electrons. The molecule has 0 spiro atoms. The van der Waals surface area contributed by atoms with E-state index in [0.717, 1.165) is 11.4 Å². The zero-order valence-corrected chi connectivity index (χ0v) is 16.6. The van der Waals surface area contributed by atoms with Gasteiger partial charge in [0.05, 0.1) is 38.3 Å². The van der Waals surface area contributed by atoms with Gasteiger partial charge in [-0.1, -0.05) is 18.2 Å². The number of aromatic nitrogens is 2. The molecule has 28 heavy (non-hydrogen) atoms. The second kappa shape index (κ2) is 8.04. The van der Waals surface area contributed by atoms with E-state index in [1.54, 1.807) is 49.0 Å². The highest BCUT2D eigenvalue weighted by atomic mass is 16.5. The van der Waals surface area contributed by atoms with Crippen molar-refractivity contribution in [2.45, 2.75) is 6.92 Å². The molecule has 2 aromatic carbocycles. The number of methoxy groups -OCH3 is 3. The number of ether oxygens (including phenoxy) is 3. The van der Waals surface area contributed by atoms with Crippen molar-refractivity contribution >= 4 is 11.9 Å². The zero-order valence-electron chi connectivity index (χ0n) is 16.6. The Hall–Kier alpha value is -3.48. The molecular formula is C21H23N3O4.